The number of hydrogen-bond donors (Lipinski definition) is 1. The molecule has 1 fully saturated rings. The van der Waals surface area contributed by atoms with Crippen LogP contribution in [0.4, 0.5) is 10.1 Å². The van der Waals surface area contributed by atoms with E-state index < -0.39 is 0 Å². The predicted molar refractivity (Wildman–Crippen MR) is 69.8 cm³/mol. The van der Waals surface area contributed by atoms with E-state index in [4.69, 9.17) is 5.73 Å². The van der Waals surface area contributed by atoms with Gasteiger partial charge in [-0.3, -0.25) is 0 Å². The van der Waals surface area contributed by atoms with Crippen molar-refractivity contribution in [2.75, 3.05) is 11.9 Å². The van der Waals surface area contributed by atoms with Gasteiger partial charge in [-0.15, -0.1) is 0 Å². The van der Waals surface area contributed by atoms with Crippen molar-refractivity contribution in [3.63, 3.8) is 0 Å². The van der Waals surface area contributed by atoms with E-state index in [1.54, 1.807) is 6.07 Å². The highest BCUT2D eigenvalue weighted by Crippen LogP contribution is 2.30. The summed E-state index contributed by atoms with van der Waals surface area (Å²) in [6.45, 7) is 1.94. The van der Waals surface area contributed by atoms with Crippen molar-refractivity contribution in [3.05, 3.63) is 29.6 Å². The standard InChI is InChI=1S/C14H21FN2/c1-10(16)8-11-6-7-14(13(15)9-11)17(2)12-4-3-5-12/h6-7,9-10,12H,3-5,8,16H2,1-2H3. The van der Waals surface area contributed by atoms with Crippen LogP contribution in [0.2, 0.25) is 0 Å². The van der Waals surface area contributed by atoms with Crippen molar-refractivity contribution < 1.29 is 4.39 Å². The molecule has 0 aromatic heterocycles. The molecule has 0 spiro atoms. The van der Waals surface area contributed by atoms with Gasteiger partial charge in [0.05, 0.1) is 5.69 Å². The molecule has 0 heterocycles. The van der Waals surface area contributed by atoms with E-state index in [1.165, 1.54) is 19.3 Å². The van der Waals surface area contributed by atoms with Crippen molar-refractivity contribution in [1.29, 1.82) is 0 Å². The van der Waals surface area contributed by atoms with E-state index in [0.717, 1.165) is 12.0 Å². The van der Waals surface area contributed by atoms with E-state index >= 15 is 0 Å². The molecule has 2 rings (SSSR count). The fraction of sp³-hybridized carbons (Fsp3) is 0.571. The van der Waals surface area contributed by atoms with Crippen LogP contribution in [0.5, 0.6) is 0 Å². The Hall–Kier alpha value is -1.09. The normalized spacial score (nSPS) is 17.6. The van der Waals surface area contributed by atoms with Gasteiger partial charge in [-0.2, -0.15) is 0 Å². The van der Waals surface area contributed by atoms with Gasteiger partial charge in [0.15, 0.2) is 0 Å². The van der Waals surface area contributed by atoms with Crippen LogP contribution in [0.15, 0.2) is 18.2 Å². The summed E-state index contributed by atoms with van der Waals surface area (Å²) in [5, 5.41) is 0. The van der Waals surface area contributed by atoms with Gasteiger partial charge >= 0.3 is 0 Å². The van der Waals surface area contributed by atoms with Crippen molar-refractivity contribution in [1.82, 2.24) is 0 Å². The monoisotopic (exact) mass is 236 g/mol. The molecule has 0 bridgehead atoms. The summed E-state index contributed by atoms with van der Waals surface area (Å²) in [7, 11) is 1.98. The molecule has 1 saturated carbocycles. The second kappa shape index (κ2) is 5.05. The summed E-state index contributed by atoms with van der Waals surface area (Å²) in [4.78, 5) is 2.06. The minimum absolute atomic E-state index is 0.0737. The number of anilines is 1. The van der Waals surface area contributed by atoms with Crippen LogP contribution in [-0.4, -0.2) is 19.1 Å². The molecular formula is C14H21FN2. The van der Waals surface area contributed by atoms with Gasteiger partial charge in [-0.05, 0) is 50.3 Å². The fourth-order valence-electron chi connectivity index (χ4n) is 2.31. The third-order valence-corrected chi connectivity index (χ3v) is 3.57. The molecule has 1 aromatic rings. The molecule has 17 heavy (non-hydrogen) atoms. The smallest absolute Gasteiger partial charge is 0.146 e. The highest BCUT2D eigenvalue weighted by molar-refractivity contribution is 5.49. The molecule has 1 aliphatic rings. The molecule has 0 saturated heterocycles. The van der Waals surface area contributed by atoms with Crippen LogP contribution in [0, 0.1) is 5.82 Å². The van der Waals surface area contributed by atoms with E-state index in [9.17, 15) is 4.39 Å². The summed E-state index contributed by atoms with van der Waals surface area (Å²) in [5.41, 5.74) is 7.40. The van der Waals surface area contributed by atoms with Crippen LogP contribution in [0.25, 0.3) is 0 Å². The highest BCUT2D eigenvalue weighted by atomic mass is 19.1. The second-order valence-electron chi connectivity index (χ2n) is 5.16. The second-order valence-corrected chi connectivity index (χ2v) is 5.16. The van der Waals surface area contributed by atoms with Gasteiger partial charge in [0.25, 0.3) is 0 Å². The Morgan fingerprint density at radius 2 is 2.18 bits per heavy atom. The Morgan fingerprint density at radius 1 is 1.47 bits per heavy atom. The van der Waals surface area contributed by atoms with E-state index in [1.807, 2.05) is 26.1 Å². The lowest BCUT2D eigenvalue weighted by Gasteiger charge is -2.36. The molecule has 1 aromatic carbocycles. The number of rotatable bonds is 4. The third kappa shape index (κ3) is 2.78. The van der Waals surface area contributed by atoms with Crippen LogP contribution >= 0.6 is 0 Å². The number of halogens is 1. The molecule has 1 atom stereocenters. The molecule has 94 valence electrons. The Morgan fingerprint density at radius 3 is 2.65 bits per heavy atom. The molecule has 2 nitrogen and oxygen atoms in total. The highest BCUT2D eigenvalue weighted by Gasteiger charge is 2.23. The summed E-state index contributed by atoms with van der Waals surface area (Å²) < 4.78 is 14.0. The fourth-order valence-corrected chi connectivity index (χ4v) is 2.31. The lowest BCUT2D eigenvalue weighted by atomic mass is 9.91. The van der Waals surface area contributed by atoms with Crippen molar-refractivity contribution >= 4 is 5.69 Å². The first kappa shape index (κ1) is 12.4. The minimum Gasteiger partial charge on any atom is -0.369 e. The largest absolute Gasteiger partial charge is 0.369 e. The molecule has 2 N–H and O–H groups in total. The zero-order chi connectivity index (χ0) is 12.4. The van der Waals surface area contributed by atoms with E-state index in [-0.39, 0.29) is 11.9 Å². The van der Waals surface area contributed by atoms with Crippen LogP contribution in [0.3, 0.4) is 0 Å². The summed E-state index contributed by atoms with van der Waals surface area (Å²) in [6.07, 6.45) is 4.35. The van der Waals surface area contributed by atoms with Gasteiger partial charge in [0, 0.05) is 19.1 Å². The average molecular weight is 236 g/mol. The first-order chi connectivity index (χ1) is 8.08. The third-order valence-electron chi connectivity index (χ3n) is 3.57. The molecular weight excluding hydrogens is 215 g/mol. The van der Waals surface area contributed by atoms with Gasteiger partial charge < -0.3 is 10.6 Å². The van der Waals surface area contributed by atoms with Crippen molar-refractivity contribution in [2.24, 2.45) is 5.73 Å². The average Bonchev–Trinajstić information content (AvgIpc) is 2.13. The maximum atomic E-state index is 14.0. The Balaban J connectivity index is 2.13. The van der Waals surface area contributed by atoms with Gasteiger partial charge in [0.2, 0.25) is 0 Å². The van der Waals surface area contributed by atoms with Crippen LogP contribution < -0.4 is 10.6 Å². The topological polar surface area (TPSA) is 29.3 Å². The van der Waals surface area contributed by atoms with Crippen molar-refractivity contribution in [2.45, 2.75) is 44.7 Å². The maximum Gasteiger partial charge on any atom is 0.146 e. The zero-order valence-corrected chi connectivity index (χ0v) is 10.6. The van der Waals surface area contributed by atoms with Crippen LogP contribution in [0.1, 0.15) is 31.7 Å². The summed E-state index contributed by atoms with van der Waals surface area (Å²) in [6, 6.07) is 6.07. The lowest BCUT2D eigenvalue weighted by Crippen LogP contribution is -2.37. The Labute approximate surface area is 103 Å². The zero-order valence-electron chi connectivity index (χ0n) is 10.6. The molecule has 1 aliphatic carbocycles. The Bertz CT molecular complexity index is 386. The number of hydrogen-bond acceptors (Lipinski definition) is 2. The molecule has 0 aliphatic heterocycles. The minimum atomic E-state index is -0.127. The lowest BCUT2D eigenvalue weighted by molar-refractivity contribution is 0.398. The van der Waals surface area contributed by atoms with Crippen LogP contribution in [-0.2, 0) is 6.42 Å². The van der Waals surface area contributed by atoms with Gasteiger partial charge in [0.1, 0.15) is 5.82 Å². The summed E-state index contributed by atoms with van der Waals surface area (Å²) in [5.74, 6) is -0.127. The number of nitrogens with zero attached hydrogens (tertiary/aromatic N) is 1. The van der Waals surface area contributed by atoms with Crippen molar-refractivity contribution in [3.8, 4) is 0 Å². The number of nitrogens with two attached hydrogens (primary N) is 1. The quantitative estimate of drug-likeness (QED) is 0.871. The first-order valence-corrected chi connectivity index (χ1v) is 6.35. The van der Waals surface area contributed by atoms with E-state index in [2.05, 4.69) is 4.90 Å². The SMILES string of the molecule is CC(N)Cc1ccc(N(C)C2CCC2)c(F)c1. The Kier molecular flexibility index (Phi) is 3.67. The molecule has 0 amide bonds. The molecule has 0 radical (unpaired) electrons. The van der Waals surface area contributed by atoms with Gasteiger partial charge in [-0.1, -0.05) is 6.07 Å². The molecule has 1 unspecified atom stereocenters. The first-order valence-electron chi connectivity index (χ1n) is 6.35. The predicted octanol–water partition coefficient (Wildman–Crippen LogP) is 2.70. The summed E-state index contributed by atoms with van der Waals surface area (Å²) >= 11 is 0. The maximum absolute atomic E-state index is 14.0. The molecule has 3 heteroatoms. The van der Waals surface area contributed by atoms with E-state index in [0.29, 0.717) is 11.7 Å². The van der Waals surface area contributed by atoms with Gasteiger partial charge in [-0.25, -0.2) is 4.39 Å². The number of benzene rings is 1.